The number of hydrogen-bond acceptors (Lipinski definition) is 2. The van der Waals surface area contributed by atoms with Crippen molar-refractivity contribution in [3.05, 3.63) is 28.3 Å². The smallest absolute Gasteiger partial charge is 0.420 e. The number of halogens is 4. The van der Waals surface area contributed by atoms with Crippen molar-refractivity contribution in [1.29, 1.82) is 0 Å². The van der Waals surface area contributed by atoms with Crippen molar-refractivity contribution in [2.75, 3.05) is 0 Å². The fourth-order valence-electron chi connectivity index (χ4n) is 2.13. The summed E-state index contributed by atoms with van der Waals surface area (Å²) in [5.74, 6) is -2.10. The molecule has 0 radical (unpaired) electrons. The van der Waals surface area contributed by atoms with E-state index >= 15 is 0 Å². The first-order valence-corrected chi connectivity index (χ1v) is 5.85. The van der Waals surface area contributed by atoms with Gasteiger partial charge in [0.1, 0.15) is 5.75 Å². The van der Waals surface area contributed by atoms with Crippen LogP contribution in [0.15, 0.2) is 12.1 Å². The van der Waals surface area contributed by atoms with Gasteiger partial charge in [0, 0.05) is 5.41 Å². The number of carboxylic acids is 1. The van der Waals surface area contributed by atoms with Crippen LogP contribution < -0.4 is 0 Å². The van der Waals surface area contributed by atoms with Crippen LogP contribution >= 0.6 is 11.6 Å². The number of benzene rings is 1. The molecule has 2 rings (SSSR count). The Morgan fingerprint density at radius 3 is 2.37 bits per heavy atom. The average Bonchev–Trinajstić information content (AvgIpc) is 3.00. The Balaban J connectivity index is 2.49. The third-order valence-corrected chi connectivity index (χ3v) is 3.61. The monoisotopic (exact) mass is 294 g/mol. The van der Waals surface area contributed by atoms with Crippen LogP contribution in [0.3, 0.4) is 0 Å². The van der Waals surface area contributed by atoms with E-state index in [1.54, 1.807) is 0 Å². The van der Waals surface area contributed by atoms with Crippen molar-refractivity contribution in [2.24, 2.45) is 0 Å². The summed E-state index contributed by atoms with van der Waals surface area (Å²) in [6, 6.07) is 2.00. The van der Waals surface area contributed by atoms with Gasteiger partial charge in [0.2, 0.25) is 0 Å². The maximum atomic E-state index is 12.7. The summed E-state index contributed by atoms with van der Waals surface area (Å²) in [6.45, 7) is 0. The van der Waals surface area contributed by atoms with Crippen LogP contribution in [0.4, 0.5) is 13.2 Å². The third-order valence-electron chi connectivity index (χ3n) is 3.32. The summed E-state index contributed by atoms with van der Waals surface area (Å²) >= 11 is 5.60. The number of rotatable bonds is 3. The van der Waals surface area contributed by atoms with Crippen molar-refractivity contribution in [3.63, 3.8) is 0 Å². The first kappa shape index (κ1) is 14.0. The van der Waals surface area contributed by atoms with E-state index in [-0.39, 0.29) is 12.0 Å². The van der Waals surface area contributed by atoms with Crippen molar-refractivity contribution in [1.82, 2.24) is 0 Å². The molecule has 0 aromatic heterocycles. The number of phenols is 1. The highest BCUT2D eigenvalue weighted by Gasteiger charge is 2.47. The third kappa shape index (κ3) is 2.63. The Kier molecular flexibility index (Phi) is 3.16. The Hall–Kier alpha value is -1.43. The van der Waals surface area contributed by atoms with Gasteiger partial charge in [0.25, 0.3) is 0 Å². The number of aliphatic carboxylic acids is 1. The van der Waals surface area contributed by atoms with E-state index in [9.17, 15) is 23.1 Å². The van der Waals surface area contributed by atoms with E-state index in [2.05, 4.69) is 0 Å². The fourth-order valence-corrected chi connectivity index (χ4v) is 2.35. The largest absolute Gasteiger partial charge is 0.506 e. The van der Waals surface area contributed by atoms with Crippen LogP contribution in [0.1, 0.15) is 30.4 Å². The minimum atomic E-state index is -4.73. The van der Waals surface area contributed by atoms with Crippen LogP contribution in [0.5, 0.6) is 5.75 Å². The molecule has 7 heteroatoms. The summed E-state index contributed by atoms with van der Waals surface area (Å²) in [7, 11) is 0. The molecule has 0 spiro atoms. The Morgan fingerprint density at radius 2 is 1.95 bits per heavy atom. The number of aromatic hydroxyl groups is 1. The highest BCUT2D eigenvalue weighted by Crippen LogP contribution is 2.53. The summed E-state index contributed by atoms with van der Waals surface area (Å²) < 4.78 is 38.2. The lowest BCUT2D eigenvalue weighted by Crippen LogP contribution is -2.15. The molecule has 0 bridgehead atoms. The molecule has 1 aliphatic carbocycles. The van der Waals surface area contributed by atoms with Gasteiger partial charge in [-0.1, -0.05) is 11.6 Å². The van der Waals surface area contributed by atoms with Crippen LogP contribution in [0.25, 0.3) is 0 Å². The molecule has 0 amide bonds. The average molecular weight is 295 g/mol. The van der Waals surface area contributed by atoms with E-state index < -0.39 is 33.9 Å². The van der Waals surface area contributed by atoms with Gasteiger partial charge in [-0.15, -0.1) is 0 Å². The molecule has 1 aliphatic rings. The first-order valence-electron chi connectivity index (χ1n) is 5.48. The highest BCUT2D eigenvalue weighted by molar-refractivity contribution is 6.32. The van der Waals surface area contributed by atoms with Crippen LogP contribution in [0.2, 0.25) is 5.02 Å². The van der Waals surface area contributed by atoms with Crippen molar-refractivity contribution in [2.45, 2.75) is 30.9 Å². The van der Waals surface area contributed by atoms with Crippen LogP contribution in [-0.2, 0) is 16.4 Å². The normalized spacial score (nSPS) is 17.3. The molecule has 104 valence electrons. The maximum absolute atomic E-state index is 12.7. The lowest BCUT2D eigenvalue weighted by atomic mass is 9.91. The van der Waals surface area contributed by atoms with Crippen LogP contribution in [0, 0.1) is 0 Å². The van der Waals surface area contributed by atoms with Gasteiger partial charge in [-0.25, -0.2) is 0 Å². The number of phenolic OH excluding ortho intramolecular Hbond substituents is 1. The number of carboxylic acid groups (broad SMARTS) is 1. The van der Waals surface area contributed by atoms with E-state index in [1.807, 2.05) is 0 Å². The lowest BCUT2D eigenvalue weighted by molar-refractivity contribution is -0.139. The predicted octanol–water partition coefficient (Wildman–Crippen LogP) is 3.57. The molecule has 1 aromatic rings. The van der Waals surface area contributed by atoms with Crippen LogP contribution in [-0.4, -0.2) is 16.2 Å². The summed E-state index contributed by atoms with van der Waals surface area (Å²) in [4.78, 5) is 10.8. The molecule has 19 heavy (non-hydrogen) atoms. The zero-order valence-corrected chi connectivity index (χ0v) is 10.3. The first-order chi connectivity index (χ1) is 8.66. The van der Waals surface area contributed by atoms with Gasteiger partial charge in [0.05, 0.1) is 17.0 Å². The maximum Gasteiger partial charge on any atom is 0.420 e. The van der Waals surface area contributed by atoms with Gasteiger partial charge in [-0.2, -0.15) is 13.2 Å². The van der Waals surface area contributed by atoms with E-state index in [1.165, 1.54) is 6.07 Å². The molecule has 0 unspecified atom stereocenters. The minimum absolute atomic E-state index is 0.213. The SMILES string of the molecule is O=C(O)CC1(c2cc(Cl)c(O)c(C(F)(F)F)c2)CC1. The topological polar surface area (TPSA) is 57.5 Å². The lowest BCUT2D eigenvalue weighted by Gasteiger charge is -2.17. The summed E-state index contributed by atoms with van der Waals surface area (Å²) in [5, 5.41) is 17.7. The van der Waals surface area contributed by atoms with Gasteiger partial charge >= 0.3 is 12.1 Å². The van der Waals surface area contributed by atoms with E-state index in [4.69, 9.17) is 16.7 Å². The zero-order valence-electron chi connectivity index (χ0n) is 9.59. The molecule has 0 atom stereocenters. The molecule has 0 saturated heterocycles. The standard InChI is InChI=1S/C12H10ClF3O3/c13-8-4-6(11(1-2-11)5-9(17)18)3-7(10(8)19)12(14,15)16/h3-4,19H,1-2,5H2,(H,17,18). The zero-order chi connectivity index (χ0) is 14.4. The second kappa shape index (κ2) is 4.30. The molecular weight excluding hydrogens is 285 g/mol. The molecule has 1 saturated carbocycles. The van der Waals surface area contributed by atoms with Crippen molar-refractivity contribution < 1.29 is 28.2 Å². The van der Waals surface area contributed by atoms with Gasteiger partial charge in [-0.3, -0.25) is 4.79 Å². The molecule has 1 aromatic carbocycles. The molecule has 2 N–H and O–H groups in total. The molecule has 0 heterocycles. The second-order valence-corrected chi connectivity index (χ2v) is 5.11. The van der Waals surface area contributed by atoms with E-state index in [0.29, 0.717) is 12.8 Å². The summed E-state index contributed by atoms with van der Waals surface area (Å²) in [5.41, 5.74) is -1.81. The van der Waals surface area contributed by atoms with E-state index in [0.717, 1.165) is 6.07 Å². The van der Waals surface area contributed by atoms with Gasteiger partial charge in [0.15, 0.2) is 0 Å². The Labute approximate surface area is 111 Å². The Morgan fingerprint density at radius 1 is 1.37 bits per heavy atom. The summed E-state index contributed by atoms with van der Waals surface area (Å²) in [6.07, 6.45) is -3.98. The predicted molar refractivity (Wildman–Crippen MR) is 61.3 cm³/mol. The molecular formula is C12H10ClF3O3. The van der Waals surface area contributed by atoms with Gasteiger partial charge < -0.3 is 10.2 Å². The number of hydrogen-bond donors (Lipinski definition) is 2. The number of alkyl halides is 3. The molecule has 0 aliphatic heterocycles. The van der Waals surface area contributed by atoms with Crippen molar-refractivity contribution in [3.8, 4) is 5.75 Å². The minimum Gasteiger partial charge on any atom is -0.506 e. The fraction of sp³-hybridized carbons (Fsp3) is 0.417. The van der Waals surface area contributed by atoms with Gasteiger partial charge in [-0.05, 0) is 30.5 Å². The molecule has 1 fully saturated rings. The highest BCUT2D eigenvalue weighted by atomic mass is 35.5. The number of carbonyl (C=O) groups is 1. The quantitative estimate of drug-likeness (QED) is 0.896. The van der Waals surface area contributed by atoms with Crippen molar-refractivity contribution >= 4 is 17.6 Å². The molecule has 3 nitrogen and oxygen atoms in total. The Bertz CT molecular complexity index is 536. The second-order valence-electron chi connectivity index (χ2n) is 4.70.